The van der Waals surface area contributed by atoms with E-state index >= 15 is 0 Å². The summed E-state index contributed by atoms with van der Waals surface area (Å²) in [6.45, 7) is 3.02. The molecule has 6 nitrogen and oxygen atoms in total. The maximum Gasteiger partial charge on any atom is 0.193 e. The third-order valence-electron chi connectivity index (χ3n) is 5.78. The van der Waals surface area contributed by atoms with Crippen LogP contribution in [0.2, 0.25) is 0 Å². The quantitative estimate of drug-likeness (QED) is 0.331. The van der Waals surface area contributed by atoms with Gasteiger partial charge >= 0.3 is 0 Å². The van der Waals surface area contributed by atoms with Gasteiger partial charge in [0.1, 0.15) is 11.6 Å². The van der Waals surface area contributed by atoms with E-state index in [1.807, 2.05) is 23.7 Å². The minimum atomic E-state index is 0.613. The molecule has 166 valence electrons. The van der Waals surface area contributed by atoms with Gasteiger partial charge < -0.3 is 9.47 Å². The lowest BCUT2D eigenvalue weighted by Crippen LogP contribution is -2.26. The van der Waals surface area contributed by atoms with Crippen molar-refractivity contribution in [3.8, 4) is 27.2 Å². The summed E-state index contributed by atoms with van der Waals surface area (Å²) in [6.07, 6.45) is 3.92. The van der Waals surface area contributed by atoms with Crippen LogP contribution in [-0.4, -0.2) is 39.7 Å². The number of fused-ring (bicyclic) bond motifs is 2. The molecule has 0 saturated carbocycles. The Morgan fingerprint density at radius 3 is 2.94 bits per heavy atom. The van der Waals surface area contributed by atoms with Crippen LogP contribution in [0.1, 0.15) is 11.3 Å². The zero-order valence-electron chi connectivity index (χ0n) is 18.1. The Kier molecular flexibility index (Phi) is 5.33. The van der Waals surface area contributed by atoms with Crippen molar-refractivity contribution < 1.29 is 9.47 Å². The largest absolute Gasteiger partial charge is 0.493 e. The lowest BCUT2D eigenvalue weighted by atomic mass is 10.1. The Labute approximate surface area is 199 Å². The maximum atomic E-state index is 6.17. The summed E-state index contributed by atoms with van der Waals surface area (Å²) in [6, 6.07) is 16.7. The minimum Gasteiger partial charge on any atom is -0.493 e. The summed E-state index contributed by atoms with van der Waals surface area (Å²) in [7, 11) is 1.70. The minimum absolute atomic E-state index is 0.613. The molecule has 0 amide bonds. The second kappa shape index (κ2) is 8.62. The summed E-state index contributed by atoms with van der Waals surface area (Å²) in [5, 5.41) is 3.98. The molecule has 0 atom stereocenters. The molecule has 33 heavy (non-hydrogen) atoms. The zero-order chi connectivity index (χ0) is 22.2. The van der Waals surface area contributed by atoms with Gasteiger partial charge in [-0.05, 0) is 36.4 Å². The van der Waals surface area contributed by atoms with Crippen molar-refractivity contribution in [2.45, 2.75) is 13.1 Å². The van der Waals surface area contributed by atoms with E-state index in [0.29, 0.717) is 6.61 Å². The fraction of sp³-hybridized carbons (Fsp3) is 0.200. The molecule has 6 rings (SSSR count). The molecule has 4 heterocycles. The summed E-state index contributed by atoms with van der Waals surface area (Å²) in [4.78, 5) is 11.7. The predicted octanol–water partition coefficient (Wildman–Crippen LogP) is 5.61. The average molecular weight is 475 g/mol. The summed E-state index contributed by atoms with van der Waals surface area (Å²) >= 11 is 3.34. The predicted molar refractivity (Wildman–Crippen MR) is 133 cm³/mol. The first kappa shape index (κ1) is 20.4. The third-order valence-corrected chi connectivity index (χ3v) is 7.64. The number of para-hydroxylation sites is 1. The highest BCUT2D eigenvalue weighted by Crippen LogP contribution is 2.40. The number of methoxy groups -OCH3 is 1. The van der Waals surface area contributed by atoms with E-state index in [1.165, 1.54) is 10.4 Å². The highest BCUT2D eigenvalue weighted by molar-refractivity contribution is 7.21. The van der Waals surface area contributed by atoms with Gasteiger partial charge in [0.05, 0.1) is 17.3 Å². The Balaban J connectivity index is 1.34. The van der Waals surface area contributed by atoms with Gasteiger partial charge in [0, 0.05) is 54.2 Å². The number of hydrogen-bond acceptors (Lipinski definition) is 7. The van der Waals surface area contributed by atoms with Crippen LogP contribution in [0.25, 0.3) is 25.9 Å². The van der Waals surface area contributed by atoms with Crippen LogP contribution in [0.4, 0.5) is 0 Å². The normalized spacial score (nSPS) is 14.1. The molecule has 0 saturated heterocycles. The highest BCUT2D eigenvalue weighted by Gasteiger charge is 2.22. The fourth-order valence-corrected chi connectivity index (χ4v) is 5.85. The number of nitrogens with zero attached hydrogens (tertiary/aromatic N) is 4. The van der Waals surface area contributed by atoms with Crippen molar-refractivity contribution in [3.05, 3.63) is 77.6 Å². The molecule has 5 aromatic rings. The van der Waals surface area contributed by atoms with Gasteiger partial charge in [-0.2, -0.15) is 0 Å². The Morgan fingerprint density at radius 1 is 1.15 bits per heavy atom. The van der Waals surface area contributed by atoms with Gasteiger partial charge in [0.15, 0.2) is 16.6 Å². The molecule has 8 heteroatoms. The van der Waals surface area contributed by atoms with Gasteiger partial charge in [0.2, 0.25) is 0 Å². The van der Waals surface area contributed by atoms with Crippen molar-refractivity contribution in [1.29, 1.82) is 0 Å². The molecule has 0 radical (unpaired) electrons. The van der Waals surface area contributed by atoms with Crippen molar-refractivity contribution >= 4 is 32.9 Å². The Bertz CT molecular complexity index is 1370. The van der Waals surface area contributed by atoms with Crippen LogP contribution in [-0.2, 0) is 13.1 Å². The summed E-state index contributed by atoms with van der Waals surface area (Å²) in [5.41, 5.74) is 4.41. The molecule has 0 aliphatic carbocycles. The highest BCUT2D eigenvalue weighted by atomic mass is 32.1. The first-order chi connectivity index (χ1) is 16.3. The van der Waals surface area contributed by atoms with Crippen LogP contribution < -0.4 is 9.47 Å². The van der Waals surface area contributed by atoms with E-state index in [4.69, 9.17) is 14.5 Å². The van der Waals surface area contributed by atoms with Crippen LogP contribution in [0.3, 0.4) is 0 Å². The molecule has 1 aliphatic heterocycles. The summed E-state index contributed by atoms with van der Waals surface area (Å²) in [5.74, 6) is 1.59. The van der Waals surface area contributed by atoms with Gasteiger partial charge in [-0.3, -0.25) is 9.47 Å². The van der Waals surface area contributed by atoms with E-state index in [2.05, 4.69) is 57.0 Å². The molecule has 2 aromatic carbocycles. The first-order valence-electron chi connectivity index (χ1n) is 10.8. The number of aromatic nitrogens is 3. The van der Waals surface area contributed by atoms with Gasteiger partial charge in [-0.1, -0.05) is 12.1 Å². The van der Waals surface area contributed by atoms with Crippen molar-refractivity contribution in [1.82, 2.24) is 19.4 Å². The Morgan fingerprint density at radius 2 is 2.09 bits per heavy atom. The molecule has 0 bridgehead atoms. The number of thiazole rings is 2. The number of benzene rings is 2. The van der Waals surface area contributed by atoms with Crippen molar-refractivity contribution in [3.63, 3.8) is 0 Å². The van der Waals surface area contributed by atoms with E-state index in [1.54, 1.807) is 29.8 Å². The van der Waals surface area contributed by atoms with Gasteiger partial charge in [0.25, 0.3) is 0 Å². The molecule has 3 aromatic heterocycles. The topological polar surface area (TPSA) is 52.4 Å². The first-order valence-corrected chi connectivity index (χ1v) is 12.5. The van der Waals surface area contributed by atoms with Crippen LogP contribution in [0.5, 0.6) is 11.5 Å². The monoisotopic (exact) mass is 474 g/mol. The standard InChI is InChI=1S/C25H22N4O2S2/c1-30-21-14-17(24-27-20-6-2-3-7-22(20)33-24)13-18-15-28(10-11-31-23(18)21)16-19-5-4-9-29(19)25-26-8-12-32-25/h2-9,12-14H,10-11,15-16H2,1H3. The summed E-state index contributed by atoms with van der Waals surface area (Å²) < 4.78 is 15.3. The third kappa shape index (κ3) is 3.90. The second-order valence-electron chi connectivity index (χ2n) is 7.90. The van der Waals surface area contributed by atoms with E-state index in [0.717, 1.165) is 57.9 Å². The molecule has 1 aliphatic rings. The number of ether oxygens (including phenoxy) is 2. The van der Waals surface area contributed by atoms with E-state index in [-0.39, 0.29) is 0 Å². The van der Waals surface area contributed by atoms with Crippen LogP contribution in [0.15, 0.2) is 66.3 Å². The maximum absolute atomic E-state index is 6.17. The fourth-order valence-electron chi connectivity index (χ4n) is 4.24. The van der Waals surface area contributed by atoms with Crippen molar-refractivity contribution in [2.75, 3.05) is 20.3 Å². The van der Waals surface area contributed by atoms with Crippen LogP contribution >= 0.6 is 22.7 Å². The van der Waals surface area contributed by atoms with Gasteiger partial charge in [-0.25, -0.2) is 9.97 Å². The van der Waals surface area contributed by atoms with E-state index in [9.17, 15) is 0 Å². The number of rotatable bonds is 5. The molecule has 0 N–H and O–H groups in total. The molecular formula is C25H22N4O2S2. The molecular weight excluding hydrogens is 452 g/mol. The second-order valence-corrected chi connectivity index (χ2v) is 9.80. The van der Waals surface area contributed by atoms with Gasteiger partial charge in [-0.15, -0.1) is 22.7 Å². The lowest BCUT2D eigenvalue weighted by molar-refractivity contribution is 0.214. The number of hydrogen-bond donors (Lipinski definition) is 0. The Hall–Kier alpha value is -3.20. The van der Waals surface area contributed by atoms with Crippen LogP contribution in [0, 0.1) is 0 Å². The SMILES string of the molecule is COc1cc(-c2nc3ccccc3s2)cc2c1OCCN(Cc1cccn1-c1nccs1)C2. The van der Waals surface area contributed by atoms with Crippen molar-refractivity contribution in [2.24, 2.45) is 0 Å². The molecule has 0 spiro atoms. The molecule has 0 unspecified atom stereocenters. The molecule has 0 fully saturated rings. The smallest absolute Gasteiger partial charge is 0.193 e. The van der Waals surface area contributed by atoms with E-state index < -0.39 is 0 Å². The lowest BCUT2D eigenvalue weighted by Gasteiger charge is -2.20. The zero-order valence-corrected chi connectivity index (χ0v) is 19.7. The average Bonchev–Trinajstić information content (AvgIpc) is 3.57.